The van der Waals surface area contributed by atoms with E-state index in [1.807, 2.05) is 25.1 Å². The van der Waals surface area contributed by atoms with Crippen LogP contribution in [0.4, 0.5) is 0 Å². The molecule has 4 rings (SSSR count). The Morgan fingerprint density at radius 1 is 1.08 bits per heavy atom. The highest BCUT2D eigenvalue weighted by atomic mass is 16.5. The highest BCUT2D eigenvalue weighted by molar-refractivity contribution is 6.46. The van der Waals surface area contributed by atoms with E-state index in [0.717, 1.165) is 6.54 Å². The van der Waals surface area contributed by atoms with Gasteiger partial charge in [-0.3, -0.25) is 14.0 Å². The van der Waals surface area contributed by atoms with Crippen LogP contribution in [0.15, 0.2) is 42.1 Å². The third-order valence-electron chi connectivity index (χ3n) is 6.48. The molecule has 1 unspecified atom stereocenters. The van der Waals surface area contributed by atoms with Crippen molar-refractivity contribution in [1.29, 1.82) is 0 Å². The van der Waals surface area contributed by atoms with E-state index in [1.54, 1.807) is 41.8 Å². The molecule has 1 aliphatic rings. The number of ether oxygens (including phenoxy) is 3. The molecule has 1 aliphatic heterocycles. The average Bonchev–Trinajstić information content (AvgIpc) is 3.35. The van der Waals surface area contributed by atoms with Crippen molar-refractivity contribution in [3.8, 4) is 17.2 Å². The summed E-state index contributed by atoms with van der Waals surface area (Å²) in [7, 11) is 8.38. The number of fused-ring (bicyclic) bond motifs is 1. The zero-order valence-electron chi connectivity index (χ0n) is 21.9. The second kappa shape index (κ2) is 10.5. The molecule has 0 bridgehead atoms. The second-order valence-corrected chi connectivity index (χ2v) is 9.08. The minimum Gasteiger partial charge on any atom is -0.505 e. The molecule has 0 aliphatic carbocycles. The van der Waals surface area contributed by atoms with Gasteiger partial charge in [0.2, 0.25) is 5.75 Å². The number of carbonyl (C=O) groups excluding carboxylic acids is 2. The van der Waals surface area contributed by atoms with E-state index < -0.39 is 17.7 Å². The van der Waals surface area contributed by atoms with Crippen LogP contribution in [0.5, 0.6) is 17.2 Å². The molecule has 2 aromatic heterocycles. The summed E-state index contributed by atoms with van der Waals surface area (Å²) in [5, 5.41) is 11.6. The third-order valence-corrected chi connectivity index (χ3v) is 6.48. The van der Waals surface area contributed by atoms with Gasteiger partial charge in [0.1, 0.15) is 11.3 Å². The first-order valence-electron chi connectivity index (χ1n) is 11.9. The van der Waals surface area contributed by atoms with Crippen molar-refractivity contribution in [3.63, 3.8) is 0 Å². The first kappa shape index (κ1) is 26.0. The van der Waals surface area contributed by atoms with Crippen LogP contribution in [-0.2, 0) is 9.59 Å². The van der Waals surface area contributed by atoms with Crippen LogP contribution < -0.4 is 14.2 Å². The zero-order chi connectivity index (χ0) is 26.9. The lowest BCUT2D eigenvalue weighted by atomic mass is 9.95. The van der Waals surface area contributed by atoms with Gasteiger partial charge < -0.3 is 29.1 Å². The van der Waals surface area contributed by atoms with Gasteiger partial charge in [0.05, 0.1) is 38.6 Å². The number of methoxy groups -OCH3 is 3. The van der Waals surface area contributed by atoms with Gasteiger partial charge in [-0.1, -0.05) is 6.07 Å². The summed E-state index contributed by atoms with van der Waals surface area (Å²) in [6.45, 7) is 2.79. The summed E-state index contributed by atoms with van der Waals surface area (Å²) in [4.78, 5) is 34.8. The number of nitrogens with zero attached hydrogens (tertiary/aromatic N) is 4. The molecule has 1 N–H and O–H groups in total. The van der Waals surface area contributed by atoms with Crippen molar-refractivity contribution in [2.75, 3.05) is 48.5 Å². The molecular formula is C27H32N4O6. The van der Waals surface area contributed by atoms with E-state index in [4.69, 9.17) is 14.2 Å². The summed E-state index contributed by atoms with van der Waals surface area (Å²) in [5.74, 6) is -0.584. The van der Waals surface area contributed by atoms with Crippen molar-refractivity contribution in [3.05, 3.63) is 59.1 Å². The Morgan fingerprint density at radius 3 is 2.35 bits per heavy atom. The summed E-state index contributed by atoms with van der Waals surface area (Å²) in [6.07, 6.45) is 2.39. The fraction of sp³-hybridized carbons (Fsp3) is 0.370. The number of rotatable bonds is 9. The zero-order valence-corrected chi connectivity index (χ0v) is 21.9. The molecule has 3 aromatic rings. The van der Waals surface area contributed by atoms with Gasteiger partial charge in [-0.15, -0.1) is 0 Å². The number of hydrogen-bond acceptors (Lipinski definition) is 8. The Hall–Kier alpha value is -4.05. The molecule has 1 atom stereocenters. The number of aliphatic hydroxyl groups excluding tert-OH is 1. The number of benzene rings is 1. The van der Waals surface area contributed by atoms with E-state index in [-0.39, 0.29) is 11.3 Å². The second-order valence-electron chi connectivity index (χ2n) is 9.08. The smallest absolute Gasteiger partial charge is 0.295 e. The number of aromatic nitrogens is 2. The normalized spacial score (nSPS) is 17.2. The largest absolute Gasteiger partial charge is 0.505 e. The van der Waals surface area contributed by atoms with Gasteiger partial charge in [-0.05, 0) is 63.8 Å². The molecule has 1 aromatic carbocycles. The summed E-state index contributed by atoms with van der Waals surface area (Å²) in [6, 6.07) is 7.98. The van der Waals surface area contributed by atoms with Gasteiger partial charge in [-0.2, -0.15) is 0 Å². The molecule has 1 amide bonds. The maximum Gasteiger partial charge on any atom is 0.295 e. The van der Waals surface area contributed by atoms with Crippen LogP contribution in [0, 0.1) is 6.92 Å². The molecule has 10 nitrogen and oxygen atoms in total. The highest BCUT2D eigenvalue weighted by Crippen LogP contribution is 2.46. The molecule has 0 radical (unpaired) electrons. The van der Waals surface area contributed by atoms with E-state index in [9.17, 15) is 14.7 Å². The number of pyridine rings is 1. The van der Waals surface area contributed by atoms with Crippen LogP contribution in [-0.4, -0.2) is 84.5 Å². The number of hydrogen-bond donors (Lipinski definition) is 1. The summed E-state index contributed by atoms with van der Waals surface area (Å²) in [5.41, 5.74) is 2.04. The van der Waals surface area contributed by atoms with Gasteiger partial charge in [-0.25, -0.2) is 4.98 Å². The molecular weight excluding hydrogens is 476 g/mol. The fourth-order valence-electron chi connectivity index (χ4n) is 4.80. The maximum atomic E-state index is 13.5. The molecule has 3 heterocycles. The van der Waals surface area contributed by atoms with Gasteiger partial charge >= 0.3 is 0 Å². The van der Waals surface area contributed by atoms with E-state index in [2.05, 4.69) is 4.98 Å². The fourth-order valence-corrected chi connectivity index (χ4v) is 4.80. The first-order valence-corrected chi connectivity index (χ1v) is 11.9. The Labute approximate surface area is 215 Å². The van der Waals surface area contributed by atoms with Crippen molar-refractivity contribution in [2.24, 2.45) is 0 Å². The SMILES string of the molecule is COc1cc(C2C(=C(O)c3c(C)nc4ccccn34)C(=O)C(=O)N2CCCN(C)C)cc(OC)c1OC. The maximum absolute atomic E-state index is 13.5. The molecule has 196 valence electrons. The molecule has 0 spiro atoms. The first-order chi connectivity index (χ1) is 17.7. The molecule has 37 heavy (non-hydrogen) atoms. The topological polar surface area (TPSA) is 106 Å². The van der Waals surface area contributed by atoms with E-state index >= 15 is 0 Å². The molecule has 1 saturated heterocycles. The Kier molecular flexibility index (Phi) is 7.40. The number of imidazole rings is 1. The molecule has 0 saturated carbocycles. The number of ketones is 1. The minimum atomic E-state index is -0.871. The summed E-state index contributed by atoms with van der Waals surface area (Å²) >= 11 is 0. The number of aryl methyl sites for hydroxylation is 1. The van der Waals surface area contributed by atoms with Crippen LogP contribution in [0.2, 0.25) is 0 Å². The van der Waals surface area contributed by atoms with Crippen molar-refractivity contribution < 1.29 is 28.9 Å². The highest BCUT2D eigenvalue weighted by Gasteiger charge is 2.47. The van der Waals surface area contributed by atoms with E-state index in [0.29, 0.717) is 52.8 Å². The quantitative estimate of drug-likeness (QED) is 0.267. The Balaban J connectivity index is 1.95. The number of likely N-dealkylation sites (tertiary alicyclic amines) is 1. The van der Waals surface area contributed by atoms with Crippen molar-refractivity contribution in [2.45, 2.75) is 19.4 Å². The summed E-state index contributed by atoms with van der Waals surface area (Å²) < 4.78 is 18.2. The average molecular weight is 509 g/mol. The van der Waals surface area contributed by atoms with Crippen LogP contribution in [0.25, 0.3) is 11.4 Å². The number of carbonyl (C=O) groups is 2. The minimum absolute atomic E-state index is 0.0159. The molecule has 10 heteroatoms. The lowest BCUT2D eigenvalue weighted by molar-refractivity contribution is -0.139. The number of Topliss-reactive ketones (excluding diaryl/α,β-unsaturated/α-hetero) is 1. The predicted molar refractivity (Wildman–Crippen MR) is 138 cm³/mol. The van der Waals surface area contributed by atoms with Crippen molar-refractivity contribution >= 4 is 23.1 Å². The lowest BCUT2D eigenvalue weighted by Gasteiger charge is -2.27. The Morgan fingerprint density at radius 2 is 1.76 bits per heavy atom. The van der Waals surface area contributed by atoms with E-state index in [1.165, 1.54) is 26.2 Å². The lowest BCUT2D eigenvalue weighted by Crippen LogP contribution is -2.32. The van der Waals surface area contributed by atoms with Gasteiger partial charge in [0.25, 0.3) is 11.7 Å². The van der Waals surface area contributed by atoms with Crippen LogP contribution >= 0.6 is 0 Å². The number of aliphatic hydroxyl groups is 1. The number of amides is 1. The van der Waals surface area contributed by atoms with Crippen molar-refractivity contribution in [1.82, 2.24) is 19.2 Å². The Bertz CT molecular complexity index is 1350. The van der Waals surface area contributed by atoms with Gasteiger partial charge in [0.15, 0.2) is 17.3 Å². The standard InChI is InChI=1S/C27H32N4O6/c1-16-22(30-12-8-7-10-20(30)28-16)24(32)21-23(31(27(34)25(21)33)13-9-11-29(2)3)17-14-18(35-4)26(37-6)19(15-17)36-5/h7-8,10,12,14-15,23,32H,9,11,13H2,1-6H3. The van der Waals surface area contributed by atoms with Crippen LogP contribution in [0.1, 0.15) is 29.4 Å². The molecule has 1 fully saturated rings. The predicted octanol–water partition coefficient (Wildman–Crippen LogP) is 3.04. The third kappa shape index (κ3) is 4.60. The van der Waals surface area contributed by atoms with Gasteiger partial charge in [0, 0.05) is 12.7 Å². The van der Waals surface area contributed by atoms with Crippen LogP contribution in [0.3, 0.4) is 0 Å². The monoisotopic (exact) mass is 508 g/mol.